The number of nitrogens with one attached hydrogen (secondary N) is 1. The molecule has 1 N–H and O–H groups in total. The number of carbonyl (C=O) groups excluding carboxylic acids is 2. The van der Waals surface area contributed by atoms with Crippen molar-refractivity contribution in [1.82, 2.24) is 10.2 Å². The molecule has 9 heteroatoms. The van der Waals surface area contributed by atoms with Crippen LogP contribution >= 0.6 is 0 Å². The quantitative estimate of drug-likeness (QED) is 0.334. The van der Waals surface area contributed by atoms with Crippen LogP contribution < -0.4 is 14.4 Å². The van der Waals surface area contributed by atoms with Crippen LogP contribution in [-0.4, -0.2) is 57.4 Å². The van der Waals surface area contributed by atoms with Gasteiger partial charge in [-0.15, -0.1) is 0 Å². The fourth-order valence-electron chi connectivity index (χ4n) is 5.14. The average Bonchev–Trinajstić information content (AvgIpc) is 3.01. The molecule has 0 radical (unpaired) electrons. The highest BCUT2D eigenvalue weighted by Gasteiger charge is 2.33. The van der Waals surface area contributed by atoms with Crippen LogP contribution in [0.15, 0.2) is 89.8 Å². The van der Waals surface area contributed by atoms with Crippen molar-refractivity contribution in [2.24, 2.45) is 0 Å². The molecule has 0 aromatic heterocycles. The van der Waals surface area contributed by atoms with Gasteiger partial charge in [0.05, 0.1) is 17.7 Å². The molecule has 0 aliphatic heterocycles. The number of para-hydroxylation sites is 1. The Morgan fingerprint density at radius 1 is 0.902 bits per heavy atom. The number of amides is 2. The predicted octanol–water partition coefficient (Wildman–Crippen LogP) is 4.80. The number of hydrogen-bond acceptors (Lipinski definition) is 5. The van der Waals surface area contributed by atoms with Gasteiger partial charge in [0.2, 0.25) is 11.8 Å². The number of rotatable bonds is 12. The molecule has 1 unspecified atom stereocenters. The van der Waals surface area contributed by atoms with Gasteiger partial charge in [-0.2, -0.15) is 0 Å². The first-order valence-electron chi connectivity index (χ1n) is 14.1. The molecule has 0 heterocycles. The topological polar surface area (TPSA) is 96.0 Å². The maximum absolute atomic E-state index is 14.0. The van der Waals surface area contributed by atoms with Gasteiger partial charge in [0.25, 0.3) is 10.0 Å². The minimum Gasteiger partial charge on any atom is -0.497 e. The summed E-state index contributed by atoms with van der Waals surface area (Å²) in [6.07, 6.45) is 5.71. The third-order valence-electron chi connectivity index (χ3n) is 7.57. The van der Waals surface area contributed by atoms with Crippen LogP contribution in [0.5, 0.6) is 5.75 Å². The molecule has 4 rings (SSSR count). The lowest BCUT2D eigenvalue weighted by molar-refractivity contribution is -0.139. The Balaban J connectivity index is 1.61. The van der Waals surface area contributed by atoms with E-state index >= 15 is 0 Å². The summed E-state index contributed by atoms with van der Waals surface area (Å²) >= 11 is 0. The van der Waals surface area contributed by atoms with E-state index in [-0.39, 0.29) is 23.4 Å². The lowest BCUT2D eigenvalue weighted by Gasteiger charge is -2.33. The molecule has 8 nitrogen and oxygen atoms in total. The number of sulfonamides is 1. The number of methoxy groups -OCH3 is 1. The van der Waals surface area contributed by atoms with Crippen LogP contribution in [0.3, 0.4) is 0 Å². The molecule has 218 valence electrons. The standard InChI is InChI=1S/C32H39N3O5S/c1-25(32(37)33-27-14-8-4-9-15-27)34(23-22-26-12-6-3-7-13-26)31(36)24-35(28-16-10-5-11-17-28)41(38,39)30-20-18-29(40-2)19-21-30/h3,5-7,10-13,16-21,25,27H,4,8-9,14-15,22-24H2,1-2H3,(H,33,37). The molecular formula is C32H39N3O5S. The molecule has 2 amide bonds. The molecular weight excluding hydrogens is 538 g/mol. The molecule has 0 saturated heterocycles. The van der Waals surface area contributed by atoms with Crippen LogP contribution in [0.2, 0.25) is 0 Å². The van der Waals surface area contributed by atoms with E-state index in [1.165, 1.54) is 30.6 Å². The van der Waals surface area contributed by atoms with Crippen molar-refractivity contribution in [2.75, 3.05) is 24.5 Å². The summed E-state index contributed by atoms with van der Waals surface area (Å²) in [5, 5.41) is 3.13. The Bertz CT molecular complexity index is 1380. The smallest absolute Gasteiger partial charge is 0.264 e. The van der Waals surface area contributed by atoms with Crippen LogP contribution in [0.1, 0.15) is 44.6 Å². The SMILES string of the molecule is COc1ccc(S(=O)(=O)N(CC(=O)N(CCc2ccccc2)C(C)C(=O)NC2CCCCC2)c2ccccc2)cc1. The van der Waals surface area contributed by atoms with Gasteiger partial charge in [0.1, 0.15) is 18.3 Å². The summed E-state index contributed by atoms with van der Waals surface area (Å²) < 4.78 is 34.0. The molecule has 0 spiro atoms. The molecule has 41 heavy (non-hydrogen) atoms. The number of hydrogen-bond donors (Lipinski definition) is 1. The fraction of sp³-hybridized carbons (Fsp3) is 0.375. The summed E-state index contributed by atoms with van der Waals surface area (Å²) in [7, 11) is -2.61. The van der Waals surface area contributed by atoms with E-state index in [0.29, 0.717) is 17.9 Å². The van der Waals surface area contributed by atoms with Crippen molar-refractivity contribution in [3.8, 4) is 5.75 Å². The highest BCUT2D eigenvalue weighted by molar-refractivity contribution is 7.92. The Labute approximate surface area is 243 Å². The predicted molar refractivity (Wildman–Crippen MR) is 160 cm³/mol. The fourth-order valence-corrected chi connectivity index (χ4v) is 6.55. The molecule has 3 aromatic rings. The van der Waals surface area contributed by atoms with E-state index in [4.69, 9.17) is 4.74 Å². The largest absolute Gasteiger partial charge is 0.497 e. The lowest BCUT2D eigenvalue weighted by atomic mass is 9.95. The highest BCUT2D eigenvalue weighted by Crippen LogP contribution is 2.26. The van der Waals surface area contributed by atoms with Gasteiger partial charge in [-0.25, -0.2) is 8.42 Å². The zero-order valence-corrected chi connectivity index (χ0v) is 24.6. The van der Waals surface area contributed by atoms with Gasteiger partial charge in [-0.3, -0.25) is 13.9 Å². The van der Waals surface area contributed by atoms with Crippen molar-refractivity contribution in [3.05, 3.63) is 90.5 Å². The molecule has 1 aliphatic rings. The number of nitrogens with zero attached hydrogens (tertiary/aromatic N) is 2. The van der Waals surface area contributed by atoms with E-state index in [1.54, 1.807) is 49.4 Å². The maximum Gasteiger partial charge on any atom is 0.264 e. The first kappa shape index (κ1) is 30.1. The summed E-state index contributed by atoms with van der Waals surface area (Å²) in [4.78, 5) is 28.9. The maximum atomic E-state index is 14.0. The van der Waals surface area contributed by atoms with E-state index < -0.39 is 28.5 Å². The van der Waals surface area contributed by atoms with Crippen LogP contribution in [0.25, 0.3) is 0 Å². The number of benzene rings is 3. The van der Waals surface area contributed by atoms with Crippen LogP contribution in [0.4, 0.5) is 5.69 Å². The third-order valence-corrected chi connectivity index (χ3v) is 9.36. The first-order chi connectivity index (χ1) is 19.8. The first-order valence-corrected chi connectivity index (χ1v) is 15.6. The second kappa shape index (κ2) is 14.2. The Morgan fingerprint density at radius 2 is 1.51 bits per heavy atom. The molecule has 1 aliphatic carbocycles. The zero-order valence-electron chi connectivity index (χ0n) is 23.7. The number of carbonyl (C=O) groups is 2. The van der Waals surface area contributed by atoms with Crippen LogP contribution in [-0.2, 0) is 26.0 Å². The molecule has 3 aromatic carbocycles. The van der Waals surface area contributed by atoms with Gasteiger partial charge >= 0.3 is 0 Å². The third kappa shape index (κ3) is 7.88. The van der Waals surface area contributed by atoms with Gasteiger partial charge in [-0.1, -0.05) is 67.8 Å². The molecule has 1 fully saturated rings. The van der Waals surface area contributed by atoms with Crippen molar-refractivity contribution < 1.29 is 22.7 Å². The number of anilines is 1. The normalized spacial score (nSPS) is 14.6. The summed E-state index contributed by atoms with van der Waals surface area (Å²) in [6, 6.07) is 23.7. The summed E-state index contributed by atoms with van der Waals surface area (Å²) in [6.45, 7) is 1.54. The Hall–Kier alpha value is -3.85. The monoisotopic (exact) mass is 577 g/mol. The van der Waals surface area contributed by atoms with E-state index in [9.17, 15) is 18.0 Å². The van der Waals surface area contributed by atoms with Gasteiger partial charge < -0.3 is 15.0 Å². The van der Waals surface area contributed by atoms with E-state index in [2.05, 4.69) is 5.32 Å². The Morgan fingerprint density at radius 3 is 2.12 bits per heavy atom. The zero-order chi connectivity index (χ0) is 29.2. The highest BCUT2D eigenvalue weighted by atomic mass is 32.2. The molecule has 1 atom stereocenters. The summed E-state index contributed by atoms with van der Waals surface area (Å²) in [5.41, 5.74) is 1.38. The van der Waals surface area contributed by atoms with Gasteiger partial charge in [0, 0.05) is 12.6 Å². The summed E-state index contributed by atoms with van der Waals surface area (Å²) in [5.74, 6) is -0.146. The minimum absolute atomic E-state index is 0.0360. The molecule has 0 bridgehead atoms. The lowest BCUT2D eigenvalue weighted by Crippen LogP contribution is -2.53. The van der Waals surface area contributed by atoms with Gasteiger partial charge in [0.15, 0.2) is 0 Å². The second-order valence-electron chi connectivity index (χ2n) is 10.4. The minimum atomic E-state index is -4.11. The number of ether oxygens (including phenoxy) is 1. The molecule has 1 saturated carbocycles. The van der Waals surface area contributed by atoms with Gasteiger partial charge in [-0.05, 0) is 68.1 Å². The van der Waals surface area contributed by atoms with E-state index in [0.717, 1.165) is 35.6 Å². The van der Waals surface area contributed by atoms with Crippen molar-refractivity contribution in [1.29, 1.82) is 0 Å². The Kier molecular flexibility index (Phi) is 10.4. The van der Waals surface area contributed by atoms with Crippen molar-refractivity contribution in [3.63, 3.8) is 0 Å². The van der Waals surface area contributed by atoms with Crippen molar-refractivity contribution >= 4 is 27.5 Å². The second-order valence-corrected chi connectivity index (χ2v) is 12.2. The van der Waals surface area contributed by atoms with Crippen molar-refractivity contribution in [2.45, 2.75) is 62.4 Å². The average molecular weight is 578 g/mol. The van der Waals surface area contributed by atoms with E-state index in [1.807, 2.05) is 30.3 Å². The van der Waals surface area contributed by atoms with Crippen LogP contribution in [0, 0.1) is 0 Å².